The standard InChI is InChI=1S/C18H26FN3O3S/c1-15-3-2-8-20(13-15)14-18(23)21-9-11-22(12-10-21)26(24,25)17-6-4-16(19)5-7-17/h4-7,15H,2-3,8-14H2,1H3/p+1/t15-/m0/s1. The number of piperazine rings is 1. The van der Waals surface area contributed by atoms with E-state index in [1.54, 1.807) is 4.90 Å². The third-order valence-electron chi connectivity index (χ3n) is 5.31. The van der Waals surface area contributed by atoms with Crippen LogP contribution in [0.5, 0.6) is 0 Å². The summed E-state index contributed by atoms with van der Waals surface area (Å²) in [6.07, 6.45) is 2.39. The number of halogens is 1. The lowest BCUT2D eigenvalue weighted by molar-refractivity contribution is -0.900. The van der Waals surface area contributed by atoms with Crippen molar-refractivity contribution in [1.82, 2.24) is 9.21 Å². The summed E-state index contributed by atoms with van der Waals surface area (Å²) in [6.45, 7) is 6.15. The molecule has 0 spiro atoms. The molecule has 2 aliphatic heterocycles. The van der Waals surface area contributed by atoms with Crippen molar-refractivity contribution in [3.05, 3.63) is 30.1 Å². The Morgan fingerprint density at radius 2 is 1.85 bits per heavy atom. The second kappa shape index (κ2) is 8.02. The van der Waals surface area contributed by atoms with Crippen LogP contribution in [0.3, 0.4) is 0 Å². The number of hydrogen-bond acceptors (Lipinski definition) is 3. The monoisotopic (exact) mass is 384 g/mol. The Morgan fingerprint density at radius 1 is 1.19 bits per heavy atom. The fourth-order valence-corrected chi connectivity index (χ4v) is 5.24. The summed E-state index contributed by atoms with van der Waals surface area (Å²) in [6, 6.07) is 4.86. The van der Waals surface area contributed by atoms with Crippen LogP contribution in [0, 0.1) is 11.7 Å². The summed E-state index contributed by atoms with van der Waals surface area (Å²) in [7, 11) is -3.64. The molecule has 1 aromatic rings. The molecule has 1 amide bonds. The SMILES string of the molecule is C[C@H]1CCC[NH+](CC(=O)N2CCN(S(=O)(=O)c3ccc(F)cc3)CC2)C1. The third-order valence-corrected chi connectivity index (χ3v) is 7.22. The van der Waals surface area contributed by atoms with Crippen molar-refractivity contribution in [1.29, 1.82) is 0 Å². The molecule has 1 unspecified atom stereocenters. The average Bonchev–Trinajstić information content (AvgIpc) is 2.62. The second-order valence-electron chi connectivity index (χ2n) is 7.37. The van der Waals surface area contributed by atoms with Gasteiger partial charge in [-0.3, -0.25) is 4.79 Å². The number of nitrogens with one attached hydrogen (secondary N) is 1. The molecular formula is C18H27FN3O3S+. The molecule has 2 saturated heterocycles. The van der Waals surface area contributed by atoms with E-state index in [2.05, 4.69) is 6.92 Å². The van der Waals surface area contributed by atoms with Gasteiger partial charge < -0.3 is 9.80 Å². The van der Waals surface area contributed by atoms with Crippen LogP contribution in [-0.2, 0) is 14.8 Å². The molecule has 26 heavy (non-hydrogen) atoms. The minimum atomic E-state index is -3.64. The first-order chi connectivity index (χ1) is 12.4. The van der Waals surface area contributed by atoms with Crippen LogP contribution in [0.1, 0.15) is 19.8 Å². The zero-order valence-electron chi connectivity index (χ0n) is 15.2. The lowest BCUT2D eigenvalue weighted by atomic mass is 10.0. The van der Waals surface area contributed by atoms with Crippen molar-refractivity contribution in [3.63, 3.8) is 0 Å². The number of carbonyl (C=O) groups is 1. The molecule has 0 aromatic heterocycles. The van der Waals surface area contributed by atoms with Crippen molar-refractivity contribution in [2.24, 2.45) is 5.92 Å². The van der Waals surface area contributed by atoms with Gasteiger partial charge in [0.05, 0.1) is 18.0 Å². The number of hydrogen-bond donors (Lipinski definition) is 1. The van der Waals surface area contributed by atoms with Crippen LogP contribution in [-0.4, -0.2) is 69.3 Å². The van der Waals surface area contributed by atoms with E-state index >= 15 is 0 Å². The molecule has 2 heterocycles. The highest BCUT2D eigenvalue weighted by Gasteiger charge is 2.31. The smallest absolute Gasteiger partial charge is 0.277 e. The van der Waals surface area contributed by atoms with Gasteiger partial charge in [-0.1, -0.05) is 6.92 Å². The molecule has 3 rings (SSSR count). The minimum Gasteiger partial charge on any atom is -0.335 e. The zero-order chi connectivity index (χ0) is 18.7. The molecule has 0 radical (unpaired) electrons. The Kier molecular flexibility index (Phi) is 5.94. The van der Waals surface area contributed by atoms with Crippen LogP contribution in [0.25, 0.3) is 0 Å². The average molecular weight is 384 g/mol. The number of carbonyl (C=O) groups excluding carboxylic acids is 1. The molecule has 2 fully saturated rings. The van der Waals surface area contributed by atoms with Crippen LogP contribution in [0.15, 0.2) is 29.2 Å². The number of rotatable bonds is 4. The fraction of sp³-hybridized carbons (Fsp3) is 0.611. The van der Waals surface area contributed by atoms with Gasteiger partial charge in [-0.25, -0.2) is 12.8 Å². The van der Waals surface area contributed by atoms with Crippen molar-refractivity contribution in [2.45, 2.75) is 24.7 Å². The van der Waals surface area contributed by atoms with E-state index in [1.165, 1.54) is 27.8 Å². The summed E-state index contributed by atoms with van der Waals surface area (Å²) in [5, 5.41) is 0. The molecule has 0 bridgehead atoms. The van der Waals surface area contributed by atoms with Crippen LogP contribution in [0.2, 0.25) is 0 Å². The molecule has 1 aromatic carbocycles. The van der Waals surface area contributed by atoms with Gasteiger partial charge in [-0.15, -0.1) is 0 Å². The summed E-state index contributed by atoms with van der Waals surface area (Å²) >= 11 is 0. The maximum absolute atomic E-state index is 13.0. The van der Waals surface area contributed by atoms with Crippen molar-refractivity contribution >= 4 is 15.9 Å². The largest absolute Gasteiger partial charge is 0.335 e. The Labute approximate surface area is 154 Å². The van der Waals surface area contributed by atoms with E-state index in [4.69, 9.17) is 0 Å². The maximum Gasteiger partial charge on any atom is 0.277 e. The lowest BCUT2D eigenvalue weighted by Crippen LogP contribution is -3.14. The van der Waals surface area contributed by atoms with Crippen molar-refractivity contribution < 1.29 is 22.5 Å². The summed E-state index contributed by atoms with van der Waals surface area (Å²) in [5.41, 5.74) is 0. The second-order valence-corrected chi connectivity index (χ2v) is 9.31. The molecule has 0 saturated carbocycles. The van der Waals surface area contributed by atoms with Gasteiger partial charge in [0, 0.05) is 32.1 Å². The first-order valence-electron chi connectivity index (χ1n) is 9.23. The van der Waals surface area contributed by atoms with Gasteiger partial charge in [-0.05, 0) is 37.1 Å². The molecule has 144 valence electrons. The molecule has 8 heteroatoms. The summed E-state index contributed by atoms with van der Waals surface area (Å²) in [5.74, 6) is 0.297. The summed E-state index contributed by atoms with van der Waals surface area (Å²) in [4.78, 5) is 15.7. The first-order valence-corrected chi connectivity index (χ1v) is 10.7. The molecule has 1 N–H and O–H groups in total. The van der Waals surface area contributed by atoms with Crippen molar-refractivity contribution in [3.8, 4) is 0 Å². The zero-order valence-corrected chi connectivity index (χ0v) is 16.0. The van der Waals surface area contributed by atoms with E-state index in [-0.39, 0.29) is 23.9 Å². The number of sulfonamides is 1. The van der Waals surface area contributed by atoms with E-state index in [0.717, 1.165) is 31.6 Å². The lowest BCUT2D eigenvalue weighted by Gasteiger charge is -2.35. The maximum atomic E-state index is 13.0. The number of benzene rings is 1. The predicted octanol–water partition coefficient (Wildman–Crippen LogP) is -0.0266. The van der Waals surface area contributed by atoms with Crippen LogP contribution >= 0.6 is 0 Å². The van der Waals surface area contributed by atoms with Crippen LogP contribution < -0.4 is 4.90 Å². The Morgan fingerprint density at radius 3 is 2.46 bits per heavy atom. The Hall–Kier alpha value is -1.51. The third kappa shape index (κ3) is 4.42. The van der Waals surface area contributed by atoms with Crippen molar-refractivity contribution in [2.75, 3.05) is 45.8 Å². The normalized spacial score (nSPS) is 25.2. The van der Waals surface area contributed by atoms with Gasteiger partial charge in [-0.2, -0.15) is 4.31 Å². The van der Waals surface area contributed by atoms with Gasteiger partial charge in [0.25, 0.3) is 5.91 Å². The molecule has 6 nitrogen and oxygen atoms in total. The summed E-state index contributed by atoms with van der Waals surface area (Å²) < 4.78 is 39.6. The van der Waals surface area contributed by atoms with E-state index in [0.29, 0.717) is 25.6 Å². The Bertz CT molecular complexity index is 731. The highest BCUT2D eigenvalue weighted by atomic mass is 32.2. The molecule has 0 aliphatic carbocycles. The highest BCUT2D eigenvalue weighted by Crippen LogP contribution is 2.18. The van der Waals surface area contributed by atoms with Crippen LogP contribution in [0.4, 0.5) is 4.39 Å². The van der Waals surface area contributed by atoms with Gasteiger partial charge >= 0.3 is 0 Å². The molecule has 2 aliphatic rings. The molecule has 2 atom stereocenters. The number of likely N-dealkylation sites (tertiary alicyclic amines) is 1. The predicted molar refractivity (Wildman–Crippen MR) is 95.7 cm³/mol. The van der Waals surface area contributed by atoms with E-state index in [1.807, 2.05) is 0 Å². The molecular weight excluding hydrogens is 357 g/mol. The van der Waals surface area contributed by atoms with Gasteiger partial charge in [0.2, 0.25) is 10.0 Å². The highest BCUT2D eigenvalue weighted by molar-refractivity contribution is 7.89. The topological polar surface area (TPSA) is 62.1 Å². The van der Waals surface area contributed by atoms with E-state index < -0.39 is 15.8 Å². The minimum absolute atomic E-state index is 0.0884. The van der Waals surface area contributed by atoms with Gasteiger partial charge in [0.15, 0.2) is 6.54 Å². The fourth-order valence-electron chi connectivity index (χ4n) is 3.82. The number of nitrogens with zero attached hydrogens (tertiary/aromatic N) is 2. The number of amides is 1. The Balaban J connectivity index is 1.55. The number of piperidine rings is 1. The number of quaternary nitrogens is 1. The van der Waals surface area contributed by atoms with Gasteiger partial charge in [0.1, 0.15) is 5.82 Å². The first kappa shape index (κ1) is 19.3. The quantitative estimate of drug-likeness (QED) is 0.793. The van der Waals surface area contributed by atoms with E-state index in [9.17, 15) is 17.6 Å².